The molecule has 5 rings (SSSR count). The Kier molecular flexibility index (Phi) is 6.49. The summed E-state index contributed by atoms with van der Waals surface area (Å²) in [6.07, 6.45) is 0. The van der Waals surface area contributed by atoms with Crippen molar-refractivity contribution in [1.82, 2.24) is 9.97 Å². The molecule has 1 unspecified atom stereocenters. The molecule has 1 aromatic heterocycles. The number of ketones is 1. The predicted molar refractivity (Wildman–Crippen MR) is 144 cm³/mol. The number of fused-ring (bicyclic) bond motifs is 1. The molecule has 3 aromatic carbocycles. The molecule has 1 saturated heterocycles. The molecular formula is C28H22ClN3O7. The zero-order chi connectivity index (χ0) is 28.0. The molecule has 10 nitrogen and oxygen atoms in total. The minimum absolute atomic E-state index is 0.0147. The minimum Gasteiger partial charge on any atom is -0.507 e. The minimum atomic E-state index is -1.12. The molecule has 4 aromatic rings. The molecule has 1 fully saturated rings. The Labute approximate surface area is 227 Å². The van der Waals surface area contributed by atoms with Crippen molar-refractivity contribution in [2.75, 3.05) is 19.1 Å². The van der Waals surface area contributed by atoms with Crippen LogP contribution in [0, 0.1) is 6.92 Å². The summed E-state index contributed by atoms with van der Waals surface area (Å²) in [5.74, 6) is -3.08. The van der Waals surface area contributed by atoms with E-state index in [1.165, 1.54) is 44.6 Å². The summed E-state index contributed by atoms with van der Waals surface area (Å²) in [6, 6.07) is 13.2. The summed E-state index contributed by atoms with van der Waals surface area (Å²) in [4.78, 5) is 47.0. The number of halogens is 1. The number of imidazole rings is 1. The Hall–Kier alpha value is -4.83. The van der Waals surface area contributed by atoms with Gasteiger partial charge in [0.1, 0.15) is 17.3 Å². The van der Waals surface area contributed by atoms with E-state index in [9.17, 15) is 24.6 Å². The van der Waals surface area contributed by atoms with Gasteiger partial charge in [-0.3, -0.25) is 14.5 Å². The molecule has 1 amide bonds. The number of hydrogen-bond acceptors (Lipinski definition) is 7. The van der Waals surface area contributed by atoms with E-state index in [1.807, 2.05) is 13.0 Å². The number of aromatic amines is 1. The molecule has 11 heteroatoms. The molecule has 39 heavy (non-hydrogen) atoms. The van der Waals surface area contributed by atoms with Crippen LogP contribution in [0.25, 0.3) is 16.8 Å². The number of aromatic nitrogens is 2. The van der Waals surface area contributed by atoms with Gasteiger partial charge in [-0.1, -0.05) is 41.4 Å². The number of Topliss-reactive ketones (excluding diaryl/α,β-unsaturated/α-hetero) is 1. The summed E-state index contributed by atoms with van der Waals surface area (Å²) >= 11 is 6.23. The topological polar surface area (TPSA) is 142 Å². The molecular weight excluding hydrogens is 526 g/mol. The van der Waals surface area contributed by atoms with E-state index < -0.39 is 29.5 Å². The van der Waals surface area contributed by atoms with Gasteiger partial charge in [-0.2, -0.15) is 0 Å². The number of anilines is 1. The van der Waals surface area contributed by atoms with Crippen LogP contribution in [-0.4, -0.2) is 52.1 Å². The number of amides is 1. The number of aromatic carboxylic acids is 1. The number of H-pyrrole nitrogens is 1. The maximum Gasteiger partial charge on any atom is 0.335 e. The fraction of sp³-hybridized carbons (Fsp3) is 0.143. The number of carboxylic acid groups (broad SMARTS) is 1. The summed E-state index contributed by atoms with van der Waals surface area (Å²) in [6.45, 7) is 1.86. The second-order valence-corrected chi connectivity index (χ2v) is 9.27. The third-order valence-electron chi connectivity index (χ3n) is 6.48. The maximum absolute atomic E-state index is 13.5. The lowest BCUT2D eigenvalue weighted by Gasteiger charge is -2.23. The number of benzene rings is 3. The van der Waals surface area contributed by atoms with Gasteiger partial charge < -0.3 is 24.7 Å². The number of hydrogen-bond donors (Lipinski definition) is 3. The van der Waals surface area contributed by atoms with E-state index in [0.717, 1.165) is 10.5 Å². The standard InChI is InChI=1S/C28H22ClN3O7/c1-13-5-4-6-14(9-13)23-22(24(33)16-11-21(39-3)17(29)12-20(16)38-2)25(34)26(35)32(23)28-30-18-8-7-15(27(36)37)10-19(18)31-28/h4-12,23,33H,1-3H3,(H,30,31)(H,36,37)/b24-22+. The van der Waals surface area contributed by atoms with Crippen molar-refractivity contribution in [2.45, 2.75) is 13.0 Å². The van der Waals surface area contributed by atoms with Gasteiger partial charge in [0.2, 0.25) is 5.95 Å². The number of nitrogens with one attached hydrogen (secondary N) is 1. The first-order chi connectivity index (χ1) is 18.6. The van der Waals surface area contributed by atoms with Gasteiger partial charge in [0.25, 0.3) is 5.78 Å². The lowest BCUT2D eigenvalue weighted by Crippen LogP contribution is -2.30. The predicted octanol–water partition coefficient (Wildman–Crippen LogP) is 4.87. The van der Waals surface area contributed by atoms with E-state index in [2.05, 4.69) is 9.97 Å². The highest BCUT2D eigenvalue weighted by atomic mass is 35.5. The van der Waals surface area contributed by atoms with E-state index in [0.29, 0.717) is 16.6 Å². The number of rotatable bonds is 6. The normalized spacial score (nSPS) is 16.6. The average molecular weight is 548 g/mol. The Morgan fingerprint density at radius 2 is 1.77 bits per heavy atom. The van der Waals surface area contributed by atoms with Crippen LogP contribution < -0.4 is 14.4 Å². The van der Waals surface area contributed by atoms with Crippen LogP contribution in [0.5, 0.6) is 11.5 Å². The van der Waals surface area contributed by atoms with Crippen LogP contribution in [0.15, 0.2) is 60.2 Å². The highest BCUT2D eigenvalue weighted by molar-refractivity contribution is 6.51. The van der Waals surface area contributed by atoms with Crippen molar-refractivity contribution in [3.05, 3.63) is 87.4 Å². The average Bonchev–Trinajstić information content (AvgIpc) is 3.45. The van der Waals surface area contributed by atoms with Crippen molar-refractivity contribution in [3.63, 3.8) is 0 Å². The molecule has 1 aliphatic heterocycles. The molecule has 0 spiro atoms. The number of aryl methyl sites for hydroxylation is 1. The summed E-state index contributed by atoms with van der Waals surface area (Å²) in [7, 11) is 2.78. The second kappa shape index (κ2) is 9.80. The fourth-order valence-corrected chi connectivity index (χ4v) is 4.87. The SMILES string of the molecule is COc1cc(/C(O)=C2\C(=O)C(=O)N(c3nc4ccc(C(=O)O)cc4[nH]3)C2c2cccc(C)c2)c(OC)cc1Cl. The van der Waals surface area contributed by atoms with Crippen LogP contribution in [0.1, 0.15) is 33.1 Å². The summed E-state index contributed by atoms with van der Waals surface area (Å²) < 4.78 is 10.7. The molecule has 1 aliphatic rings. The largest absolute Gasteiger partial charge is 0.507 e. The smallest absolute Gasteiger partial charge is 0.335 e. The molecule has 0 bridgehead atoms. The van der Waals surface area contributed by atoms with Crippen LogP contribution in [0.3, 0.4) is 0 Å². The lowest BCUT2D eigenvalue weighted by atomic mass is 9.94. The highest BCUT2D eigenvalue weighted by Gasteiger charge is 2.48. The first-order valence-electron chi connectivity index (χ1n) is 11.7. The van der Waals surface area contributed by atoms with Gasteiger partial charge in [0, 0.05) is 6.07 Å². The van der Waals surface area contributed by atoms with Crippen molar-refractivity contribution in [2.24, 2.45) is 0 Å². The maximum atomic E-state index is 13.5. The molecule has 0 aliphatic carbocycles. The number of ether oxygens (including phenoxy) is 2. The fourth-order valence-electron chi connectivity index (χ4n) is 4.64. The highest BCUT2D eigenvalue weighted by Crippen LogP contribution is 2.44. The number of nitrogens with zero attached hydrogens (tertiary/aromatic N) is 2. The van der Waals surface area contributed by atoms with Crippen LogP contribution in [0.4, 0.5) is 5.95 Å². The quantitative estimate of drug-likeness (QED) is 0.176. The second-order valence-electron chi connectivity index (χ2n) is 8.87. The Morgan fingerprint density at radius 3 is 2.44 bits per heavy atom. The monoisotopic (exact) mass is 547 g/mol. The Balaban J connectivity index is 1.76. The van der Waals surface area contributed by atoms with Crippen LogP contribution >= 0.6 is 11.6 Å². The van der Waals surface area contributed by atoms with Crippen molar-refractivity contribution < 1.29 is 34.1 Å². The molecule has 0 radical (unpaired) electrons. The van der Waals surface area contributed by atoms with Crippen LogP contribution in [-0.2, 0) is 9.59 Å². The number of aliphatic hydroxyl groups is 1. The van der Waals surface area contributed by atoms with E-state index in [1.54, 1.807) is 18.2 Å². The molecule has 198 valence electrons. The van der Waals surface area contributed by atoms with Gasteiger partial charge in [-0.25, -0.2) is 9.78 Å². The van der Waals surface area contributed by atoms with E-state index in [-0.39, 0.29) is 39.2 Å². The Bertz CT molecular complexity index is 1710. The van der Waals surface area contributed by atoms with Crippen molar-refractivity contribution in [1.29, 1.82) is 0 Å². The van der Waals surface area contributed by atoms with Gasteiger partial charge in [0.15, 0.2) is 0 Å². The van der Waals surface area contributed by atoms with Gasteiger partial charge in [0.05, 0.1) is 53.0 Å². The van der Waals surface area contributed by atoms with E-state index >= 15 is 0 Å². The van der Waals surface area contributed by atoms with Crippen molar-refractivity contribution in [3.8, 4) is 11.5 Å². The van der Waals surface area contributed by atoms with Gasteiger partial charge >= 0.3 is 11.9 Å². The number of carbonyl (C=O) groups excluding carboxylic acids is 2. The molecule has 3 N–H and O–H groups in total. The zero-order valence-electron chi connectivity index (χ0n) is 21.0. The zero-order valence-corrected chi connectivity index (χ0v) is 21.7. The molecule has 0 saturated carbocycles. The number of carbonyl (C=O) groups is 3. The first kappa shape index (κ1) is 25.8. The lowest BCUT2D eigenvalue weighted by molar-refractivity contribution is -0.132. The number of aliphatic hydroxyl groups excluding tert-OH is 1. The molecule has 2 heterocycles. The van der Waals surface area contributed by atoms with Gasteiger partial charge in [-0.15, -0.1) is 0 Å². The number of carboxylic acids is 1. The van der Waals surface area contributed by atoms with Crippen LogP contribution in [0.2, 0.25) is 5.02 Å². The third-order valence-corrected chi connectivity index (χ3v) is 6.77. The van der Waals surface area contributed by atoms with Crippen molar-refractivity contribution >= 4 is 52.0 Å². The number of methoxy groups -OCH3 is 2. The Morgan fingerprint density at radius 1 is 1.03 bits per heavy atom. The van der Waals surface area contributed by atoms with Gasteiger partial charge in [-0.05, 0) is 36.8 Å². The van der Waals surface area contributed by atoms with E-state index in [4.69, 9.17) is 21.1 Å². The third kappa shape index (κ3) is 4.34. The summed E-state index contributed by atoms with van der Waals surface area (Å²) in [5.41, 5.74) is 2.09. The summed E-state index contributed by atoms with van der Waals surface area (Å²) in [5, 5.41) is 21.1. The molecule has 1 atom stereocenters. The first-order valence-corrected chi connectivity index (χ1v) is 12.0.